The maximum Gasteiger partial charge on any atom is 0.207 e. The predicted molar refractivity (Wildman–Crippen MR) is 82.8 cm³/mol. The van der Waals surface area contributed by atoms with Crippen molar-refractivity contribution in [3.05, 3.63) is 64.0 Å². The SMILES string of the molecule is COc1ccc(C=C(C#N)C#N)cc1COc1c(F)c(F)c(F)c(F)c1F. The molecule has 0 bridgehead atoms. The van der Waals surface area contributed by atoms with E-state index in [9.17, 15) is 22.0 Å². The van der Waals surface area contributed by atoms with Crippen LogP contribution >= 0.6 is 0 Å². The van der Waals surface area contributed by atoms with Gasteiger partial charge in [0.05, 0.1) is 7.11 Å². The fourth-order valence-electron chi connectivity index (χ4n) is 2.12. The Labute approximate surface area is 150 Å². The van der Waals surface area contributed by atoms with Crippen molar-refractivity contribution in [1.29, 1.82) is 10.5 Å². The topological polar surface area (TPSA) is 66.0 Å². The highest BCUT2D eigenvalue weighted by molar-refractivity contribution is 5.63. The molecule has 0 radical (unpaired) electrons. The van der Waals surface area contributed by atoms with Gasteiger partial charge >= 0.3 is 0 Å². The van der Waals surface area contributed by atoms with Crippen LogP contribution in [0.15, 0.2) is 23.8 Å². The number of halogens is 5. The van der Waals surface area contributed by atoms with Crippen molar-refractivity contribution in [3.8, 4) is 23.6 Å². The summed E-state index contributed by atoms with van der Waals surface area (Å²) in [6.45, 7) is -0.600. The Morgan fingerprint density at radius 3 is 2.04 bits per heavy atom. The first kappa shape index (κ1) is 19.7. The molecule has 0 atom stereocenters. The minimum absolute atomic E-state index is 0.186. The number of allylic oxidation sites excluding steroid dienone is 1. The van der Waals surface area contributed by atoms with Crippen molar-refractivity contribution in [1.82, 2.24) is 0 Å². The number of rotatable bonds is 5. The minimum Gasteiger partial charge on any atom is -0.496 e. The highest BCUT2D eigenvalue weighted by Gasteiger charge is 2.27. The molecule has 2 aromatic rings. The van der Waals surface area contributed by atoms with Gasteiger partial charge in [-0.1, -0.05) is 6.07 Å². The van der Waals surface area contributed by atoms with Gasteiger partial charge in [0.25, 0.3) is 0 Å². The lowest BCUT2D eigenvalue weighted by molar-refractivity contribution is 0.249. The van der Waals surface area contributed by atoms with Gasteiger partial charge in [-0.25, -0.2) is 13.2 Å². The smallest absolute Gasteiger partial charge is 0.207 e. The van der Waals surface area contributed by atoms with E-state index in [0.717, 1.165) is 0 Å². The number of benzene rings is 2. The van der Waals surface area contributed by atoms with E-state index in [0.29, 0.717) is 5.56 Å². The van der Waals surface area contributed by atoms with E-state index >= 15 is 0 Å². The highest BCUT2D eigenvalue weighted by atomic mass is 19.2. The molecule has 2 aromatic carbocycles. The first-order valence-electron chi connectivity index (χ1n) is 7.17. The quantitative estimate of drug-likeness (QED) is 0.334. The number of hydrogen-bond acceptors (Lipinski definition) is 4. The Morgan fingerprint density at radius 2 is 1.52 bits per heavy atom. The molecule has 0 N–H and O–H groups in total. The van der Waals surface area contributed by atoms with Gasteiger partial charge in [0.1, 0.15) is 30.1 Å². The Hall–Kier alpha value is -3.59. The molecule has 0 saturated heterocycles. The summed E-state index contributed by atoms with van der Waals surface area (Å²) in [5.74, 6) is -12.0. The molecule has 4 nitrogen and oxygen atoms in total. The molecule has 0 amide bonds. The largest absolute Gasteiger partial charge is 0.496 e. The Balaban J connectivity index is 2.40. The standard InChI is InChI=1S/C18H9F5N2O2/c1-26-12-3-2-9(4-10(6-24)7-25)5-11(12)8-27-18-16(22)14(20)13(19)15(21)17(18)23/h2-5H,8H2,1H3. The van der Waals surface area contributed by atoms with Crippen molar-refractivity contribution >= 4 is 6.08 Å². The van der Waals surface area contributed by atoms with Gasteiger partial charge in [0.2, 0.25) is 29.1 Å². The third-order valence-electron chi connectivity index (χ3n) is 3.40. The number of nitriles is 2. The van der Waals surface area contributed by atoms with Crippen molar-refractivity contribution in [2.24, 2.45) is 0 Å². The van der Waals surface area contributed by atoms with Gasteiger partial charge in [-0.2, -0.15) is 19.3 Å². The van der Waals surface area contributed by atoms with Gasteiger partial charge in [-0.05, 0) is 23.8 Å². The molecule has 0 aliphatic rings. The zero-order chi connectivity index (χ0) is 20.1. The molecule has 138 valence electrons. The summed E-state index contributed by atoms with van der Waals surface area (Å²) in [5.41, 5.74) is 0.349. The molecular weight excluding hydrogens is 371 g/mol. The van der Waals surface area contributed by atoms with Gasteiger partial charge < -0.3 is 9.47 Å². The second kappa shape index (κ2) is 8.19. The lowest BCUT2D eigenvalue weighted by atomic mass is 10.1. The number of hydrogen-bond donors (Lipinski definition) is 0. The Kier molecular flexibility index (Phi) is 5.99. The van der Waals surface area contributed by atoms with Crippen molar-refractivity contribution < 1.29 is 31.4 Å². The molecule has 0 spiro atoms. The van der Waals surface area contributed by atoms with Crippen LogP contribution in [0.2, 0.25) is 0 Å². The summed E-state index contributed by atoms with van der Waals surface area (Å²) in [6.07, 6.45) is 1.24. The highest BCUT2D eigenvalue weighted by Crippen LogP contribution is 2.31. The van der Waals surface area contributed by atoms with E-state index in [1.165, 1.54) is 31.4 Å². The van der Waals surface area contributed by atoms with E-state index in [1.807, 2.05) is 0 Å². The fourth-order valence-corrected chi connectivity index (χ4v) is 2.12. The Bertz CT molecular complexity index is 961. The zero-order valence-corrected chi connectivity index (χ0v) is 13.6. The number of methoxy groups -OCH3 is 1. The van der Waals surface area contributed by atoms with Gasteiger partial charge in [-0.3, -0.25) is 0 Å². The molecule has 0 aliphatic carbocycles. The van der Waals surface area contributed by atoms with Crippen LogP contribution in [0.5, 0.6) is 11.5 Å². The van der Waals surface area contributed by atoms with E-state index in [2.05, 4.69) is 0 Å². The molecule has 0 saturated carbocycles. The third kappa shape index (κ3) is 3.98. The molecule has 27 heavy (non-hydrogen) atoms. The van der Waals surface area contributed by atoms with Crippen LogP contribution in [0.3, 0.4) is 0 Å². The molecule has 2 rings (SSSR count). The maximum atomic E-state index is 13.7. The summed E-state index contributed by atoms with van der Waals surface area (Å²) < 4.78 is 76.7. The third-order valence-corrected chi connectivity index (χ3v) is 3.40. The van der Waals surface area contributed by atoms with Crippen LogP contribution in [-0.4, -0.2) is 7.11 Å². The molecule has 9 heteroatoms. The second-order valence-electron chi connectivity index (χ2n) is 5.04. The van der Waals surface area contributed by atoms with Crippen LogP contribution in [0.4, 0.5) is 22.0 Å². The van der Waals surface area contributed by atoms with Crippen LogP contribution in [0.25, 0.3) is 6.08 Å². The molecule has 0 fully saturated rings. The predicted octanol–water partition coefficient (Wildman–Crippen LogP) is 4.40. The molecule has 0 unspecified atom stereocenters. The molecule has 0 heterocycles. The Morgan fingerprint density at radius 1 is 0.963 bits per heavy atom. The van der Waals surface area contributed by atoms with Crippen LogP contribution < -0.4 is 9.47 Å². The number of nitrogens with zero attached hydrogens (tertiary/aromatic N) is 2. The average Bonchev–Trinajstić information content (AvgIpc) is 2.69. The van der Waals surface area contributed by atoms with E-state index in [4.69, 9.17) is 20.0 Å². The number of ether oxygens (including phenoxy) is 2. The molecule has 0 aliphatic heterocycles. The van der Waals surface area contributed by atoms with Crippen LogP contribution in [-0.2, 0) is 6.61 Å². The van der Waals surface area contributed by atoms with Gasteiger partial charge in [-0.15, -0.1) is 0 Å². The van der Waals surface area contributed by atoms with Crippen molar-refractivity contribution in [3.63, 3.8) is 0 Å². The summed E-state index contributed by atoms with van der Waals surface area (Å²) >= 11 is 0. The van der Waals surface area contributed by atoms with Crippen molar-refractivity contribution in [2.45, 2.75) is 6.61 Å². The summed E-state index contributed by atoms with van der Waals surface area (Å²) in [7, 11) is 1.29. The van der Waals surface area contributed by atoms with Crippen LogP contribution in [0.1, 0.15) is 11.1 Å². The van der Waals surface area contributed by atoms with Crippen molar-refractivity contribution in [2.75, 3.05) is 7.11 Å². The minimum atomic E-state index is -2.29. The van der Waals surface area contributed by atoms with E-state index in [-0.39, 0.29) is 16.9 Å². The normalized spacial score (nSPS) is 9.93. The lowest BCUT2D eigenvalue weighted by Crippen LogP contribution is -2.07. The lowest BCUT2D eigenvalue weighted by Gasteiger charge is -2.13. The maximum absolute atomic E-state index is 13.7. The van der Waals surface area contributed by atoms with Gasteiger partial charge in [0, 0.05) is 5.56 Å². The van der Waals surface area contributed by atoms with Crippen LogP contribution in [0, 0.1) is 51.7 Å². The fraction of sp³-hybridized carbons (Fsp3) is 0.111. The van der Waals surface area contributed by atoms with E-state index < -0.39 is 41.4 Å². The van der Waals surface area contributed by atoms with E-state index in [1.54, 1.807) is 12.1 Å². The first-order valence-corrected chi connectivity index (χ1v) is 7.17. The summed E-state index contributed by atoms with van der Waals surface area (Å²) in [4.78, 5) is 0. The monoisotopic (exact) mass is 380 g/mol. The van der Waals surface area contributed by atoms with Gasteiger partial charge in [0.15, 0.2) is 5.75 Å². The summed E-state index contributed by atoms with van der Waals surface area (Å²) in [5, 5.41) is 17.5. The second-order valence-corrected chi connectivity index (χ2v) is 5.04. The first-order chi connectivity index (χ1) is 12.8. The zero-order valence-electron chi connectivity index (χ0n) is 13.6. The summed E-state index contributed by atoms with van der Waals surface area (Å²) in [6, 6.07) is 7.61. The average molecular weight is 380 g/mol. The molecule has 0 aromatic heterocycles. The molecular formula is C18H9F5N2O2.